The normalized spacial score (nSPS) is 17.5. The van der Waals surface area contributed by atoms with E-state index in [4.69, 9.17) is 39.5 Å². The Hall–Kier alpha value is -1.42. The second-order valence-corrected chi connectivity index (χ2v) is 7.33. The van der Waals surface area contributed by atoms with Gasteiger partial charge in [-0.1, -0.05) is 59.1 Å². The van der Waals surface area contributed by atoms with Crippen LogP contribution in [-0.2, 0) is 11.2 Å². The van der Waals surface area contributed by atoms with Crippen molar-refractivity contribution in [3.8, 4) is 5.75 Å². The monoisotopic (exact) mass is 397 g/mol. The van der Waals surface area contributed by atoms with E-state index in [1.807, 2.05) is 12.1 Å². The number of hydrogen-bond acceptors (Lipinski definition) is 2. The summed E-state index contributed by atoms with van der Waals surface area (Å²) in [5.41, 5.74) is 2.47. The van der Waals surface area contributed by atoms with Crippen LogP contribution in [0.1, 0.15) is 36.9 Å². The number of halogens is 3. The van der Waals surface area contributed by atoms with Crippen LogP contribution in [0.15, 0.2) is 36.4 Å². The lowest BCUT2D eigenvalue weighted by Gasteiger charge is -2.27. The Morgan fingerprint density at radius 2 is 1.88 bits per heavy atom. The molecular weight excluding hydrogens is 381 g/mol. The molecule has 2 aromatic rings. The highest BCUT2D eigenvalue weighted by Crippen LogP contribution is 2.34. The van der Waals surface area contributed by atoms with E-state index in [0.717, 1.165) is 19.3 Å². The Bertz CT molecular complexity index is 794. The van der Waals surface area contributed by atoms with Crippen LogP contribution < -0.4 is 10.1 Å². The van der Waals surface area contributed by atoms with Crippen molar-refractivity contribution in [3.05, 3.63) is 62.6 Å². The molecule has 25 heavy (non-hydrogen) atoms. The molecule has 3 rings (SSSR count). The van der Waals surface area contributed by atoms with Gasteiger partial charge in [-0.15, -0.1) is 0 Å². The number of benzene rings is 2. The highest BCUT2D eigenvalue weighted by atomic mass is 35.5. The fraction of sp³-hybridized carbons (Fsp3) is 0.316. The summed E-state index contributed by atoms with van der Waals surface area (Å²) < 4.78 is 5.69. The van der Waals surface area contributed by atoms with E-state index < -0.39 is 6.10 Å². The number of ether oxygens (including phenoxy) is 1. The maximum absolute atomic E-state index is 12.6. The highest BCUT2D eigenvalue weighted by molar-refractivity contribution is 6.43. The Kier molecular flexibility index (Phi) is 5.78. The van der Waals surface area contributed by atoms with Crippen molar-refractivity contribution >= 4 is 40.7 Å². The Morgan fingerprint density at radius 1 is 1.16 bits per heavy atom. The quantitative estimate of drug-likeness (QED) is 0.680. The lowest BCUT2D eigenvalue weighted by Crippen LogP contribution is -2.39. The summed E-state index contributed by atoms with van der Waals surface area (Å²) in [6, 6.07) is 11.2. The van der Waals surface area contributed by atoms with Gasteiger partial charge in [0.05, 0.1) is 21.1 Å². The van der Waals surface area contributed by atoms with E-state index in [2.05, 4.69) is 17.4 Å². The predicted molar refractivity (Wildman–Crippen MR) is 102 cm³/mol. The lowest BCUT2D eigenvalue weighted by molar-refractivity contribution is -0.128. The molecule has 0 heterocycles. The van der Waals surface area contributed by atoms with E-state index >= 15 is 0 Å². The highest BCUT2D eigenvalue weighted by Gasteiger charge is 2.24. The molecule has 2 aromatic carbocycles. The van der Waals surface area contributed by atoms with Gasteiger partial charge in [-0.05, 0) is 43.4 Å². The fourth-order valence-electron chi connectivity index (χ4n) is 3.03. The van der Waals surface area contributed by atoms with Crippen LogP contribution in [0.4, 0.5) is 0 Å². The van der Waals surface area contributed by atoms with Crippen LogP contribution in [0.3, 0.4) is 0 Å². The first-order valence-corrected chi connectivity index (χ1v) is 9.28. The summed E-state index contributed by atoms with van der Waals surface area (Å²) in [7, 11) is 0. The van der Waals surface area contributed by atoms with Crippen molar-refractivity contribution in [2.45, 2.75) is 38.3 Å². The first-order valence-electron chi connectivity index (χ1n) is 8.15. The standard InChI is InChI=1S/C19H18Cl3NO2/c1-11(25-18-10-15(21)14(20)9-16(18)22)19(24)23-17-8-4-6-12-5-2-3-7-13(12)17/h2-3,5,7,9-11,17H,4,6,8H2,1H3,(H,23,24). The van der Waals surface area contributed by atoms with Crippen LogP contribution in [-0.4, -0.2) is 12.0 Å². The summed E-state index contributed by atoms with van der Waals surface area (Å²) in [6.07, 6.45) is 2.32. The van der Waals surface area contributed by atoms with E-state index in [-0.39, 0.29) is 11.9 Å². The van der Waals surface area contributed by atoms with E-state index in [1.165, 1.54) is 23.3 Å². The topological polar surface area (TPSA) is 38.3 Å². The number of carbonyl (C=O) groups is 1. The van der Waals surface area contributed by atoms with Crippen LogP contribution in [0.5, 0.6) is 5.75 Å². The van der Waals surface area contributed by atoms with Gasteiger partial charge >= 0.3 is 0 Å². The number of hydrogen-bond donors (Lipinski definition) is 1. The van der Waals surface area contributed by atoms with Gasteiger partial charge in [-0.25, -0.2) is 0 Å². The zero-order valence-electron chi connectivity index (χ0n) is 13.7. The molecule has 1 aliphatic carbocycles. The number of aryl methyl sites for hydroxylation is 1. The molecule has 1 N–H and O–H groups in total. The Balaban J connectivity index is 1.69. The molecule has 0 saturated carbocycles. The average Bonchev–Trinajstić information content (AvgIpc) is 2.60. The van der Waals surface area contributed by atoms with Gasteiger partial charge in [0, 0.05) is 6.07 Å². The fourth-order valence-corrected chi connectivity index (χ4v) is 3.61. The van der Waals surface area contributed by atoms with Crippen molar-refractivity contribution < 1.29 is 9.53 Å². The minimum Gasteiger partial charge on any atom is -0.479 e. The van der Waals surface area contributed by atoms with Gasteiger partial charge in [0.15, 0.2) is 6.10 Å². The Labute approximate surface area is 162 Å². The van der Waals surface area contributed by atoms with Crippen molar-refractivity contribution in [2.75, 3.05) is 0 Å². The maximum atomic E-state index is 12.6. The second-order valence-electron chi connectivity index (χ2n) is 6.11. The molecule has 0 fully saturated rings. The van der Waals surface area contributed by atoms with Gasteiger partial charge in [-0.3, -0.25) is 4.79 Å². The van der Waals surface area contributed by atoms with Gasteiger partial charge < -0.3 is 10.1 Å². The zero-order chi connectivity index (χ0) is 18.0. The largest absolute Gasteiger partial charge is 0.479 e. The van der Waals surface area contributed by atoms with Gasteiger partial charge in [0.2, 0.25) is 0 Å². The minimum absolute atomic E-state index is 0.00720. The SMILES string of the molecule is CC(Oc1cc(Cl)c(Cl)cc1Cl)C(=O)NC1CCCc2ccccc21. The van der Waals surface area contributed by atoms with E-state index in [9.17, 15) is 4.79 Å². The summed E-state index contributed by atoms with van der Waals surface area (Å²) in [4.78, 5) is 12.6. The molecule has 3 nitrogen and oxygen atoms in total. The molecule has 0 spiro atoms. The summed E-state index contributed by atoms with van der Waals surface area (Å²) in [6.45, 7) is 1.68. The molecule has 0 aliphatic heterocycles. The first kappa shape index (κ1) is 18.4. The summed E-state index contributed by atoms with van der Waals surface area (Å²) in [5, 5.41) is 4.06. The van der Waals surface area contributed by atoms with Gasteiger partial charge in [0.1, 0.15) is 5.75 Å². The number of fused-ring (bicyclic) bond motifs is 1. The lowest BCUT2D eigenvalue weighted by atomic mass is 9.87. The van der Waals surface area contributed by atoms with Crippen molar-refractivity contribution in [3.63, 3.8) is 0 Å². The van der Waals surface area contributed by atoms with E-state index in [0.29, 0.717) is 20.8 Å². The third-order valence-electron chi connectivity index (χ3n) is 4.33. The molecule has 132 valence electrons. The van der Waals surface area contributed by atoms with Crippen LogP contribution in [0.25, 0.3) is 0 Å². The molecule has 0 aromatic heterocycles. The predicted octanol–water partition coefficient (Wildman–Crippen LogP) is 5.61. The van der Waals surface area contributed by atoms with Crippen LogP contribution >= 0.6 is 34.8 Å². The number of rotatable bonds is 4. The molecule has 2 unspecified atom stereocenters. The smallest absolute Gasteiger partial charge is 0.261 e. The first-order chi connectivity index (χ1) is 12.0. The maximum Gasteiger partial charge on any atom is 0.261 e. The van der Waals surface area contributed by atoms with Crippen LogP contribution in [0.2, 0.25) is 15.1 Å². The molecular formula is C19H18Cl3NO2. The van der Waals surface area contributed by atoms with Gasteiger partial charge in [0.25, 0.3) is 5.91 Å². The average molecular weight is 399 g/mol. The number of carbonyl (C=O) groups excluding carboxylic acids is 1. The number of nitrogens with one attached hydrogen (secondary N) is 1. The second kappa shape index (κ2) is 7.86. The summed E-state index contributed by atoms with van der Waals surface area (Å²) in [5.74, 6) is 0.145. The van der Waals surface area contributed by atoms with Gasteiger partial charge in [-0.2, -0.15) is 0 Å². The van der Waals surface area contributed by atoms with Crippen molar-refractivity contribution in [1.29, 1.82) is 0 Å². The zero-order valence-corrected chi connectivity index (χ0v) is 16.0. The minimum atomic E-state index is -0.705. The third kappa shape index (κ3) is 4.22. The molecule has 0 radical (unpaired) electrons. The van der Waals surface area contributed by atoms with Crippen molar-refractivity contribution in [2.24, 2.45) is 0 Å². The van der Waals surface area contributed by atoms with Crippen LogP contribution in [0, 0.1) is 0 Å². The van der Waals surface area contributed by atoms with E-state index in [1.54, 1.807) is 6.92 Å². The summed E-state index contributed by atoms with van der Waals surface area (Å²) >= 11 is 18.0. The Morgan fingerprint density at radius 3 is 2.68 bits per heavy atom. The molecule has 0 saturated heterocycles. The molecule has 0 bridgehead atoms. The molecule has 2 atom stereocenters. The molecule has 1 aliphatic rings. The third-order valence-corrected chi connectivity index (χ3v) is 5.35. The molecule has 1 amide bonds. The molecule has 6 heteroatoms. The van der Waals surface area contributed by atoms with Crippen molar-refractivity contribution in [1.82, 2.24) is 5.32 Å². The number of amides is 1.